The van der Waals surface area contributed by atoms with Crippen molar-refractivity contribution >= 4 is 28.2 Å². The summed E-state index contributed by atoms with van der Waals surface area (Å²) in [5.41, 5.74) is 3.80. The molecule has 0 spiro atoms. The Kier molecular flexibility index (Phi) is 5.96. The molecule has 0 fully saturated rings. The van der Waals surface area contributed by atoms with Crippen LogP contribution in [0, 0.1) is 6.92 Å². The average molecular weight is 391 g/mol. The van der Waals surface area contributed by atoms with Crippen LogP contribution in [0.2, 0.25) is 0 Å². The number of likely N-dealkylation sites (N-methyl/N-ethyl adjacent to an activating group) is 1. The van der Waals surface area contributed by atoms with E-state index in [9.17, 15) is 9.59 Å². The van der Waals surface area contributed by atoms with Gasteiger partial charge in [-0.1, -0.05) is 0 Å². The van der Waals surface area contributed by atoms with Crippen LogP contribution >= 0.6 is 11.3 Å². The second-order valence-corrected chi connectivity index (χ2v) is 7.95. The predicted octanol–water partition coefficient (Wildman–Crippen LogP) is 2.62. The Morgan fingerprint density at radius 3 is 2.85 bits per heavy atom. The van der Waals surface area contributed by atoms with Crippen LogP contribution in [0.4, 0.5) is 5.00 Å². The van der Waals surface area contributed by atoms with Gasteiger partial charge < -0.3 is 10.1 Å². The van der Waals surface area contributed by atoms with E-state index in [-0.39, 0.29) is 18.4 Å². The number of aromatic nitrogens is 2. The largest absolute Gasteiger partial charge is 0.465 e. The highest BCUT2D eigenvalue weighted by Gasteiger charge is 2.28. The maximum atomic E-state index is 12.5. The van der Waals surface area contributed by atoms with Crippen LogP contribution in [0.3, 0.4) is 0 Å². The molecule has 0 saturated carbocycles. The van der Waals surface area contributed by atoms with Gasteiger partial charge in [0.1, 0.15) is 5.00 Å². The number of methoxy groups -OCH3 is 1. The molecular weight excluding hydrogens is 364 g/mol. The second kappa shape index (κ2) is 8.22. The van der Waals surface area contributed by atoms with Gasteiger partial charge in [0.05, 0.1) is 25.4 Å². The lowest BCUT2D eigenvalue weighted by molar-refractivity contribution is -0.117. The summed E-state index contributed by atoms with van der Waals surface area (Å²) in [6, 6.07) is 0. The van der Waals surface area contributed by atoms with E-state index in [0.717, 1.165) is 42.6 Å². The molecule has 27 heavy (non-hydrogen) atoms. The molecule has 1 aliphatic carbocycles. The fourth-order valence-electron chi connectivity index (χ4n) is 3.53. The number of rotatable bonds is 7. The van der Waals surface area contributed by atoms with Crippen molar-refractivity contribution in [3.8, 4) is 0 Å². The Morgan fingerprint density at radius 1 is 1.41 bits per heavy atom. The number of hydrogen-bond acceptors (Lipinski definition) is 6. The fourth-order valence-corrected chi connectivity index (χ4v) is 4.82. The lowest BCUT2D eigenvalue weighted by Crippen LogP contribution is -2.30. The number of nitrogens with one attached hydrogen (secondary N) is 1. The average Bonchev–Trinajstić information content (AvgIpc) is 3.29. The van der Waals surface area contributed by atoms with Crippen LogP contribution in [-0.2, 0) is 35.5 Å². The van der Waals surface area contributed by atoms with Gasteiger partial charge in [-0.3, -0.25) is 14.4 Å². The fraction of sp³-hybridized carbons (Fsp3) is 0.526. The van der Waals surface area contributed by atoms with Crippen LogP contribution in [0.15, 0.2) is 6.20 Å². The lowest BCUT2D eigenvalue weighted by Gasteiger charge is -2.16. The second-order valence-electron chi connectivity index (χ2n) is 6.84. The van der Waals surface area contributed by atoms with Crippen molar-refractivity contribution in [1.29, 1.82) is 0 Å². The Bertz CT molecular complexity index is 856. The maximum Gasteiger partial charge on any atom is 0.341 e. The van der Waals surface area contributed by atoms with Gasteiger partial charge >= 0.3 is 5.97 Å². The number of hydrogen-bond donors (Lipinski definition) is 1. The maximum absolute atomic E-state index is 12.5. The zero-order chi connectivity index (χ0) is 19.6. The van der Waals surface area contributed by atoms with Crippen LogP contribution < -0.4 is 5.32 Å². The normalized spacial score (nSPS) is 13.1. The molecule has 0 aromatic carbocycles. The van der Waals surface area contributed by atoms with Gasteiger partial charge in [0.2, 0.25) is 5.91 Å². The SMILES string of the molecule is CCn1ncc(CN(C)CC(=O)Nc2sc3c(c2C(=O)OC)CCC3)c1C. The van der Waals surface area contributed by atoms with Gasteiger partial charge in [0, 0.05) is 29.2 Å². The van der Waals surface area contributed by atoms with Crippen molar-refractivity contribution in [2.75, 3.05) is 26.0 Å². The topological polar surface area (TPSA) is 76.5 Å². The summed E-state index contributed by atoms with van der Waals surface area (Å²) in [5, 5.41) is 7.87. The molecule has 0 radical (unpaired) electrons. The molecule has 146 valence electrons. The molecule has 2 heterocycles. The van der Waals surface area contributed by atoms with Crippen LogP contribution in [0.5, 0.6) is 0 Å². The summed E-state index contributed by atoms with van der Waals surface area (Å²) in [5.74, 6) is -0.510. The minimum absolute atomic E-state index is 0.136. The van der Waals surface area contributed by atoms with Gasteiger partial charge in [-0.15, -0.1) is 11.3 Å². The third-order valence-corrected chi connectivity index (χ3v) is 6.13. The number of esters is 1. The highest BCUT2D eigenvalue weighted by molar-refractivity contribution is 7.17. The van der Waals surface area contributed by atoms with Crippen molar-refractivity contribution in [2.45, 2.75) is 46.2 Å². The Morgan fingerprint density at radius 2 is 2.19 bits per heavy atom. The van der Waals surface area contributed by atoms with E-state index in [0.29, 0.717) is 17.1 Å². The van der Waals surface area contributed by atoms with Gasteiger partial charge in [-0.05, 0) is 45.7 Å². The molecule has 1 N–H and O–H groups in total. The summed E-state index contributed by atoms with van der Waals surface area (Å²) in [6.07, 6.45) is 4.73. The van der Waals surface area contributed by atoms with Crippen molar-refractivity contribution in [3.63, 3.8) is 0 Å². The molecule has 0 saturated heterocycles. The Hall–Kier alpha value is -2.19. The monoisotopic (exact) mass is 390 g/mol. The number of fused-ring (bicyclic) bond motifs is 1. The van der Waals surface area contributed by atoms with Crippen molar-refractivity contribution in [1.82, 2.24) is 14.7 Å². The molecule has 1 aliphatic rings. The van der Waals surface area contributed by atoms with Gasteiger partial charge in [-0.25, -0.2) is 4.79 Å². The zero-order valence-electron chi connectivity index (χ0n) is 16.3. The lowest BCUT2D eigenvalue weighted by atomic mass is 10.1. The van der Waals surface area contributed by atoms with Gasteiger partial charge in [0.25, 0.3) is 0 Å². The Labute approximate surface area is 163 Å². The van der Waals surface area contributed by atoms with Crippen LogP contribution in [0.25, 0.3) is 0 Å². The van der Waals surface area contributed by atoms with E-state index >= 15 is 0 Å². The van der Waals surface area contributed by atoms with E-state index in [1.807, 2.05) is 29.7 Å². The van der Waals surface area contributed by atoms with Crippen molar-refractivity contribution in [2.24, 2.45) is 0 Å². The van der Waals surface area contributed by atoms with Gasteiger partial charge in [0.15, 0.2) is 0 Å². The number of carbonyl (C=O) groups excluding carboxylic acids is 2. The number of aryl methyl sites for hydroxylation is 2. The third-order valence-electron chi connectivity index (χ3n) is 4.92. The third kappa shape index (κ3) is 4.06. The van der Waals surface area contributed by atoms with Crippen LogP contribution in [-0.4, -0.2) is 47.3 Å². The molecule has 0 unspecified atom stereocenters. The smallest absolute Gasteiger partial charge is 0.341 e. The highest BCUT2D eigenvalue weighted by Crippen LogP contribution is 2.39. The molecular formula is C19H26N4O3S. The van der Waals surface area contributed by atoms with Crippen molar-refractivity contribution in [3.05, 3.63) is 33.5 Å². The minimum Gasteiger partial charge on any atom is -0.465 e. The number of thiophene rings is 1. The first-order valence-corrected chi connectivity index (χ1v) is 9.98. The highest BCUT2D eigenvalue weighted by atomic mass is 32.1. The van der Waals surface area contributed by atoms with Gasteiger partial charge in [-0.2, -0.15) is 5.10 Å². The molecule has 8 heteroatoms. The number of carbonyl (C=O) groups is 2. The molecule has 1 amide bonds. The summed E-state index contributed by atoms with van der Waals surface area (Å²) in [6.45, 7) is 5.80. The predicted molar refractivity (Wildman–Crippen MR) is 105 cm³/mol. The Balaban J connectivity index is 1.65. The minimum atomic E-state index is -0.374. The molecule has 0 atom stereocenters. The zero-order valence-corrected chi connectivity index (χ0v) is 17.1. The van der Waals surface area contributed by atoms with Crippen LogP contribution in [0.1, 0.15) is 45.4 Å². The quantitative estimate of drug-likeness (QED) is 0.736. The summed E-state index contributed by atoms with van der Waals surface area (Å²) in [7, 11) is 3.28. The standard InChI is InChI=1S/C19H26N4O3S/c1-5-23-12(2)13(9-20-23)10-22(3)11-16(24)21-18-17(19(25)26-4)14-7-6-8-15(14)27-18/h9H,5-8,10-11H2,1-4H3,(H,21,24). The van der Waals surface area contributed by atoms with E-state index in [1.54, 1.807) is 0 Å². The summed E-state index contributed by atoms with van der Waals surface area (Å²) in [4.78, 5) is 27.8. The first-order valence-electron chi connectivity index (χ1n) is 9.17. The molecule has 3 rings (SSSR count). The van der Waals surface area contributed by atoms with E-state index in [4.69, 9.17) is 4.74 Å². The molecule has 2 aromatic rings. The van der Waals surface area contributed by atoms with E-state index in [1.165, 1.54) is 23.3 Å². The number of nitrogens with zero attached hydrogens (tertiary/aromatic N) is 3. The first-order chi connectivity index (χ1) is 12.9. The number of amides is 1. The molecule has 7 nitrogen and oxygen atoms in total. The van der Waals surface area contributed by atoms with E-state index < -0.39 is 0 Å². The summed E-state index contributed by atoms with van der Waals surface area (Å²) < 4.78 is 6.87. The first kappa shape index (κ1) is 19.6. The van der Waals surface area contributed by atoms with Crippen molar-refractivity contribution < 1.29 is 14.3 Å². The number of anilines is 1. The molecule has 2 aromatic heterocycles. The summed E-state index contributed by atoms with van der Waals surface area (Å²) >= 11 is 1.50. The molecule has 0 aliphatic heterocycles. The molecule has 0 bridgehead atoms. The van der Waals surface area contributed by atoms with E-state index in [2.05, 4.69) is 17.3 Å². The number of ether oxygens (including phenoxy) is 1.